The van der Waals surface area contributed by atoms with Crippen molar-refractivity contribution in [3.05, 3.63) is 112 Å². The van der Waals surface area contributed by atoms with E-state index in [1.54, 1.807) is 18.2 Å². The average Bonchev–Trinajstić information content (AvgIpc) is 2.81. The van der Waals surface area contributed by atoms with Gasteiger partial charge in [-0.05, 0) is 78.1 Å². The minimum atomic E-state index is -4.71. The van der Waals surface area contributed by atoms with Gasteiger partial charge in [0, 0.05) is 0 Å². The molecule has 0 unspecified atom stereocenters. The largest absolute Gasteiger partial charge is 0.427 e. The lowest BCUT2D eigenvalue weighted by molar-refractivity contribution is -0.188. The maximum absolute atomic E-state index is 14.9. The van der Waals surface area contributed by atoms with Crippen molar-refractivity contribution in [2.75, 3.05) is 0 Å². The first kappa shape index (κ1) is 26.1. The summed E-state index contributed by atoms with van der Waals surface area (Å²) in [4.78, 5) is 0. The highest BCUT2D eigenvalue weighted by molar-refractivity contribution is 5.72. The molecule has 0 aromatic heterocycles. The van der Waals surface area contributed by atoms with Crippen molar-refractivity contribution in [1.82, 2.24) is 0 Å². The van der Waals surface area contributed by atoms with Gasteiger partial charge in [0.2, 0.25) is 0 Å². The normalized spacial score (nSPS) is 11.6. The van der Waals surface area contributed by atoms with Crippen LogP contribution in [0.3, 0.4) is 0 Å². The summed E-state index contributed by atoms with van der Waals surface area (Å²) in [6.45, 7) is 3.66. The summed E-state index contributed by atoms with van der Waals surface area (Å²) in [5.41, 5.74) is -0.589. The minimum absolute atomic E-state index is 0.107. The van der Waals surface area contributed by atoms with Crippen molar-refractivity contribution in [3.8, 4) is 28.0 Å². The SMILES string of the molecule is Cc1ccc(-c2cc(F)c(-c3cc(F)c(OC(F)(F)c4cc(F)c(F)c(F)c4)c(F)c3)c(F)c2)cc1C. The Morgan fingerprint density at radius 3 is 1.57 bits per heavy atom. The smallest absolute Gasteiger partial charge is 0.423 e. The lowest BCUT2D eigenvalue weighted by atomic mass is 9.96. The molecule has 4 rings (SSSR count). The highest BCUT2D eigenvalue weighted by Crippen LogP contribution is 2.39. The second kappa shape index (κ2) is 9.49. The summed E-state index contributed by atoms with van der Waals surface area (Å²) in [6, 6.07) is 7.50. The Morgan fingerprint density at radius 2 is 1.05 bits per heavy atom. The van der Waals surface area contributed by atoms with Crippen molar-refractivity contribution in [2.24, 2.45) is 0 Å². The Balaban J connectivity index is 1.70. The van der Waals surface area contributed by atoms with Gasteiger partial charge < -0.3 is 4.74 Å². The molecule has 37 heavy (non-hydrogen) atoms. The van der Waals surface area contributed by atoms with Crippen LogP contribution in [-0.4, -0.2) is 0 Å². The van der Waals surface area contributed by atoms with Crippen LogP contribution in [0.15, 0.2) is 54.6 Å². The molecule has 0 heterocycles. The van der Waals surface area contributed by atoms with Crippen LogP contribution in [0.25, 0.3) is 22.3 Å². The van der Waals surface area contributed by atoms with Crippen LogP contribution in [0.5, 0.6) is 5.75 Å². The Kier molecular flexibility index (Phi) is 6.70. The summed E-state index contributed by atoms with van der Waals surface area (Å²) < 4.78 is 131. The van der Waals surface area contributed by atoms with Crippen molar-refractivity contribution in [2.45, 2.75) is 20.0 Å². The Bertz CT molecular complexity index is 1460. The maximum Gasteiger partial charge on any atom is 0.427 e. The van der Waals surface area contributed by atoms with E-state index < -0.39 is 69.3 Å². The van der Waals surface area contributed by atoms with Gasteiger partial charge >= 0.3 is 6.11 Å². The summed E-state index contributed by atoms with van der Waals surface area (Å²) >= 11 is 0. The van der Waals surface area contributed by atoms with E-state index in [-0.39, 0.29) is 17.7 Å². The highest BCUT2D eigenvalue weighted by atomic mass is 19.3. The van der Waals surface area contributed by atoms with Gasteiger partial charge in [-0.25, -0.2) is 30.7 Å². The van der Waals surface area contributed by atoms with E-state index in [2.05, 4.69) is 4.74 Å². The number of hydrogen-bond acceptors (Lipinski definition) is 1. The van der Waals surface area contributed by atoms with Crippen LogP contribution in [-0.2, 0) is 6.11 Å². The van der Waals surface area contributed by atoms with Gasteiger partial charge in [0.15, 0.2) is 34.8 Å². The summed E-state index contributed by atoms with van der Waals surface area (Å²) in [5.74, 6) is -13.6. The van der Waals surface area contributed by atoms with E-state index >= 15 is 0 Å². The molecule has 192 valence electrons. The third kappa shape index (κ3) is 5.00. The third-order valence-corrected chi connectivity index (χ3v) is 5.72. The zero-order valence-electron chi connectivity index (χ0n) is 19.0. The molecule has 0 radical (unpaired) electrons. The minimum Gasteiger partial charge on any atom is -0.423 e. The van der Waals surface area contributed by atoms with Crippen LogP contribution >= 0.6 is 0 Å². The fraction of sp³-hybridized carbons (Fsp3) is 0.111. The lowest BCUT2D eigenvalue weighted by Gasteiger charge is -2.20. The predicted octanol–water partition coefficient (Wildman–Crippen LogP) is 8.74. The zero-order chi connectivity index (χ0) is 27.2. The summed E-state index contributed by atoms with van der Waals surface area (Å²) in [7, 11) is 0. The van der Waals surface area contributed by atoms with Gasteiger partial charge in [0.1, 0.15) is 11.6 Å². The molecule has 0 N–H and O–H groups in total. The van der Waals surface area contributed by atoms with Gasteiger partial charge in [-0.2, -0.15) is 8.78 Å². The number of benzene rings is 4. The standard InChI is InChI=1S/C27H15F9O/c1-12-3-4-14(5-13(12)2)15-6-18(28)24(19(29)7-15)16-8-22(32)26(23(33)9-16)37-27(35,36)17-10-20(30)25(34)21(31)11-17/h3-11H,1-2H3. The van der Waals surface area contributed by atoms with E-state index in [9.17, 15) is 39.5 Å². The van der Waals surface area contributed by atoms with Crippen LogP contribution in [0.4, 0.5) is 39.5 Å². The highest BCUT2D eigenvalue weighted by Gasteiger charge is 2.38. The third-order valence-electron chi connectivity index (χ3n) is 5.72. The van der Waals surface area contributed by atoms with E-state index in [1.165, 1.54) is 0 Å². The van der Waals surface area contributed by atoms with Crippen molar-refractivity contribution in [3.63, 3.8) is 0 Å². The van der Waals surface area contributed by atoms with E-state index in [1.807, 2.05) is 13.8 Å². The number of ether oxygens (including phenoxy) is 1. The Morgan fingerprint density at radius 1 is 0.541 bits per heavy atom. The fourth-order valence-electron chi connectivity index (χ4n) is 3.65. The second-order valence-electron chi connectivity index (χ2n) is 8.26. The number of aryl methyl sites for hydroxylation is 2. The first-order chi connectivity index (χ1) is 17.3. The predicted molar refractivity (Wildman–Crippen MR) is 117 cm³/mol. The molecule has 0 spiro atoms. The lowest BCUT2D eigenvalue weighted by Crippen LogP contribution is -2.24. The first-order valence-electron chi connectivity index (χ1n) is 10.6. The average molecular weight is 526 g/mol. The van der Waals surface area contributed by atoms with Crippen LogP contribution in [0, 0.1) is 54.6 Å². The van der Waals surface area contributed by atoms with E-state index in [0.717, 1.165) is 23.3 Å². The molecular formula is C27H15F9O. The van der Waals surface area contributed by atoms with Crippen LogP contribution in [0.2, 0.25) is 0 Å². The molecule has 0 aliphatic heterocycles. The number of alkyl halides is 2. The van der Waals surface area contributed by atoms with Gasteiger partial charge in [-0.1, -0.05) is 18.2 Å². The second-order valence-corrected chi connectivity index (χ2v) is 8.26. The molecule has 1 nitrogen and oxygen atoms in total. The van der Waals surface area contributed by atoms with Gasteiger partial charge in [0.05, 0.1) is 11.1 Å². The van der Waals surface area contributed by atoms with E-state index in [0.29, 0.717) is 17.7 Å². The van der Waals surface area contributed by atoms with Gasteiger partial charge in [-0.3, -0.25) is 0 Å². The van der Waals surface area contributed by atoms with Crippen molar-refractivity contribution >= 4 is 0 Å². The molecule has 0 saturated carbocycles. The zero-order valence-corrected chi connectivity index (χ0v) is 19.0. The number of rotatable bonds is 5. The quantitative estimate of drug-likeness (QED) is 0.187. The van der Waals surface area contributed by atoms with Gasteiger partial charge in [-0.15, -0.1) is 0 Å². The molecule has 4 aromatic carbocycles. The fourth-order valence-corrected chi connectivity index (χ4v) is 3.65. The van der Waals surface area contributed by atoms with Crippen molar-refractivity contribution in [1.29, 1.82) is 0 Å². The number of halogens is 9. The van der Waals surface area contributed by atoms with Crippen molar-refractivity contribution < 1.29 is 44.3 Å². The maximum atomic E-state index is 14.9. The Labute approximate surface area is 204 Å². The van der Waals surface area contributed by atoms with Crippen LogP contribution < -0.4 is 4.74 Å². The molecule has 0 aliphatic rings. The van der Waals surface area contributed by atoms with E-state index in [4.69, 9.17) is 0 Å². The summed E-state index contributed by atoms with van der Waals surface area (Å²) in [5, 5.41) is 0. The summed E-state index contributed by atoms with van der Waals surface area (Å²) in [6.07, 6.45) is -4.71. The molecule has 0 aliphatic carbocycles. The molecule has 0 amide bonds. The molecule has 0 fully saturated rings. The Hall–Kier alpha value is -3.95. The van der Waals surface area contributed by atoms with Gasteiger partial charge in [0.25, 0.3) is 0 Å². The molecule has 0 bridgehead atoms. The first-order valence-corrected chi connectivity index (χ1v) is 10.6. The molecule has 0 atom stereocenters. The number of hydrogen-bond donors (Lipinski definition) is 0. The molecule has 4 aromatic rings. The molecular weight excluding hydrogens is 511 g/mol. The molecule has 0 saturated heterocycles. The molecule has 10 heteroatoms. The topological polar surface area (TPSA) is 9.23 Å². The van der Waals surface area contributed by atoms with Crippen LogP contribution in [0.1, 0.15) is 16.7 Å². The monoisotopic (exact) mass is 526 g/mol.